The van der Waals surface area contributed by atoms with Crippen LogP contribution >= 0.6 is 11.6 Å². The lowest BCUT2D eigenvalue weighted by Gasteiger charge is -2.35. The number of nitrogens with one attached hydrogen (secondary N) is 1. The number of hydrogen-bond donors (Lipinski definition) is 1. The summed E-state index contributed by atoms with van der Waals surface area (Å²) in [5.41, 5.74) is 1.15. The zero-order valence-corrected chi connectivity index (χ0v) is 15.3. The van der Waals surface area contributed by atoms with Crippen molar-refractivity contribution in [1.82, 2.24) is 10.2 Å². The number of rotatable bonds is 6. The minimum absolute atomic E-state index is 0.0234. The molecule has 1 fully saturated rings. The van der Waals surface area contributed by atoms with Crippen molar-refractivity contribution < 1.29 is 4.79 Å². The highest BCUT2D eigenvalue weighted by molar-refractivity contribution is 6.30. The monoisotopic (exact) mass is 336 g/mol. The fourth-order valence-electron chi connectivity index (χ4n) is 3.09. The van der Waals surface area contributed by atoms with Gasteiger partial charge in [0, 0.05) is 23.5 Å². The molecule has 1 aromatic rings. The Labute approximate surface area is 145 Å². The summed E-state index contributed by atoms with van der Waals surface area (Å²) < 4.78 is 0. The molecule has 23 heavy (non-hydrogen) atoms. The minimum atomic E-state index is -0.0234. The first kappa shape index (κ1) is 18.3. The van der Waals surface area contributed by atoms with E-state index in [4.69, 9.17) is 11.6 Å². The van der Waals surface area contributed by atoms with Gasteiger partial charge in [-0.25, -0.2) is 0 Å². The van der Waals surface area contributed by atoms with Gasteiger partial charge in [0.15, 0.2) is 0 Å². The van der Waals surface area contributed by atoms with Gasteiger partial charge in [-0.2, -0.15) is 0 Å². The van der Waals surface area contributed by atoms with E-state index in [1.54, 1.807) is 0 Å². The molecule has 4 heteroatoms. The molecule has 1 aromatic carbocycles. The number of likely N-dealkylation sites (tertiary alicyclic amines) is 1. The fraction of sp³-hybridized carbons (Fsp3) is 0.632. The molecule has 1 aliphatic heterocycles. The molecule has 0 aromatic heterocycles. The second kappa shape index (κ2) is 8.70. The third-order valence-electron chi connectivity index (χ3n) is 4.92. The van der Waals surface area contributed by atoms with Gasteiger partial charge in [0.25, 0.3) is 0 Å². The second-order valence-corrected chi connectivity index (χ2v) is 7.48. The largest absolute Gasteiger partial charge is 0.354 e. The van der Waals surface area contributed by atoms with Crippen LogP contribution in [-0.2, 0) is 11.2 Å². The SMILES string of the molecule is CC1CCN(C(C)CNC(=O)C(C)Cc2ccc(Cl)cc2)CC1. The van der Waals surface area contributed by atoms with E-state index in [0.29, 0.717) is 6.04 Å². The number of halogens is 1. The molecule has 1 aliphatic rings. The first-order valence-electron chi connectivity index (χ1n) is 8.72. The zero-order chi connectivity index (χ0) is 16.8. The Kier molecular flexibility index (Phi) is 6.91. The predicted octanol–water partition coefficient (Wildman–Crippen LogP) is 3.76. The van der Waals surface area contributed by atoms with Crippen LogP contribution in [0.4, 0.5) is 0 Å². The highest BCUT2D eigenvalue weighted by Gasteiger charge is 2.21. The maximum absolute atomic E-state index is 12.3. The Balaban J connectivity index is 1.74. The molecule has 1 N–H and O–H groups in total. The van der Waals surface area contributed by atoms with E-state index in [-0.39, 0.29) is 11.8 Å². The lowest BCUT2D eigenvalue weighted by atomic mass is 9.98. The Hall–Kier alpha value is -1.06. The smallest absolute Gasteiger partial charge is 0.223 e. The maximum Gasteiger partial charge on any atom is 0.223 e. The van der Waals surface area contributed by atoms with Crippen LogP contribution < -0.4 is 5.32 Å². The molecule has 1 saturated heterocycles. The molecule has 1 amide bonds. The third-order valence-corrected chi connectivity index (χ3v) is 5.17. The van der Waals surface area contributed by atoms with E-state index < -0.39 is 0 Å². The highest BCUT2D eigenvalue weighted by atomic mass is 35.5. The van der Waals surface area contributed by atoms with Crippen molar-refractivity contribution in [3.8, 4) is 0 Å². The van der Waals surface area contributed by atoms with Gasteiger partial charge in [0.05, 0.1) is 0 Å². The molecule has 2 rings (SSSR count). The van der Waals surface area contributed by atoms with Gasteiger partial charge in [0.1, 0.15) is 0 Å². The normalized spacial score (nSPS) is 19.3. The Morgan fingerprint density at radius 3 is 2.48 bits per heavy atom. The minimum Gasteiger partial charge on any atom is -0.354 e. The number of carbonyl (C=O) groups is 1. The molecule has 0 spiro atoms. The number of hydrogen-bond acceptors (Lipinski definition) is 2. The van der Waals surface area contributed by atoms with Crippen molar-refractivity contribution in [3.63, 3.8) is 0 Å². The van der Waals surface area contributed by atoms with Crippen LogP contribution in [0.3, 0.4) is 0 Å². The lowest BCUT2D eigenvalue weighted by molar-refractivity contribution is -0.124. The van der Waals surface area contributed by atoms with E-state index in [0.717, 1.165) is 42.6 Å². The van der Waals surface area contributed by atoms with Crippen LogP contribution in [0, 0.1) is 11.8 Å². The molecular formula is C19H29ClN2O. The predicted molar refractivity (Wildman–Crippen MR) is 96.8 cm³/mol. The van der Waals surface area contributed by atoms with E-state index in [1.807, 2.05) is 31.2 Å². The molecule has 0 bridgehead atoms. The molecule has 1 heterocycles. The number of piperidine rings is 1. The molecule has 0 saturated carbocycles. The summed E-state index contributed by atoms with van der Waals surface area (Å²) in [6.07, 6.45) is 3.29. The van der Waals surface area contributed by atoms with Gasteiger partial charge in [0.2, 0.25) is 5.91 Å². The summed E-state index contributed by atoms with van der Waals surface area (Å²) in [5, 5.41) is 3.85. The van der Waals surface area contributed by atoms with Gasteiger partial charge in [-0.3, -0.25) is 9.69 Å². The standard InChI is InChI=1S/C19H29ClN2O/c1-14-8-10-22(11-9-14)16(3)13-21-19(23)15(2)12-17-4-6-18(20)7-5-17/h4-7,14-16H,8-13H2,1-3H3,(H,21,23). The average Bonchev–Trinajstić information content (AvgIpc) is 2.55. The Bertz CT molecular complexity index is 495. The summed E-state index contributed by atoms with van der Waals surface area (Å²) in [6, 6.07) is 8.14. The molecular weight excluding hydrogens is 308 g/mol. The van der Waals surface area contributed by atoms with Crippen LogP contribution in [0.15, 0.2) is 24.3 Å². The summed E-state index contributed by atoms with van der Waals surface area (Å²) in [6.45, 7) is 9.55. The molecule has 0 radical (unpaired) electrons. The van der Waals surface area contributed by atoms with Crippen LogP contribution in [0.5, 0.6) is 0 Å². The van der Waals surface area contributed by atoms with Crippen molar-refractivity contribution in [2.75, 3.05) is 19.6 Å². The van der Waals surface area contributed by atoms with E-state index in [9.17, 15) is 4.79 Å². The Morgan fingerprint density at radius 1 is 1.26 bits per heavy atom. The number of amides is 1. The van der Waals surface area contributed by atoms with Crippen molar-refractivity contribution in [3.05, 3.63) is 34.9 Å². The molecule has 3 nitrogen and oxygen atoms in total. The van der Waals surface area contributed by atoms with Gasteiger partial charge < -0.3 is 5.32 Å². The summed E-state index contributed by atoms with van der Waals surface area (Å²) in [5.74, 6) is 0.953. The number of carbonyl (C=O) groups excluding carboxylic acids is 1. The molecule has 2 atom stereocenters. The van der Waals surface area contributed by atoms with Crippen molar-refractivity contribution in [1.29, 1.82) is 0 Å². The molecule has 0 aliphatic carbocycles. The van der Waals surface area contributed by atoms with Gasteiger partial charge in [-0.05, 0) is 62.9 Å². The fourth-order valence-corrected chi connectivity index (χ4v) is 3.21. The quantitative estimate of drug-likeness (QED) is 0.858. The van der Waals surface area contributed by atoms with Crippen molar-refractivity contribution >= 4 is 17.5 Å². The summed E-state index contributed by atoms with van der Waals surface area (Å²) >= 11 is 5.89. The van der Waals surface area contributed by atoms with Crippen molar-refractivity contribution in [2.45, 2.75) is 46.1 Å². The Morgan fingerprint density at radius 2 is 1.87 bits per heavy atom. The average molecular weight is 337 g/mol. The van der Waals surface area contributed by atoms with E-state index in [1.165, 1.54) is 12.8 Å². The summed E-state index contributed by atoms with van der Waals surface area (Å²) in [7, 11) is 0. The second-order valence-electron chi connectivity index (χ2n) is 7.04. The maximum atomic E-state index is 12.3. The third kappa shape index (κ3) is 5.82. The zero-order valence-electron chi connectivity index (χ0n) is 14.5. The van der Waals surface area contributed by atoms with Gasteiger partial charge in [-0.1, -0.05) is 37.6 Å². The van der Waals surface area contributed by atoms with E-state index >= 15 is 0 Å². The topological polar surface area (TPSA) is 32.3 Å². The summed E-state index contributed by atoms with van der Waals surface area (Å²) in [4.78, 5) is 14.8. The van der Waals surface area contributed by atoms with Crippen molar-refractivity contribution in [2.24, 2.45) is 11.8 Å². The highest BCUT2D eigenvalue weighted by Crippen LogP contribution is 2.18. The van der Waals surface area contributed by atoms with Gasteiger partial charge in [-0.15, -0.1) is 0 Å². The van der Waals surface area contributed by atoms with Crippen LogP contribution in [0.25, 0.3) is 0 Å². The number of nitrogens with zero attached hydrogens (tertiary/aromatic N) is 1. The van der Waals surface area contributed by atoms with Gasteiger partial charge >= 0.3 is 0 Å². The first-order valence-corrected chi connectivity index (χ1v) is 9.09. The van der Waals surface area contributed by atoms with E-state index in [2.05, 4.69) is 24.1 Å². The molecule has 2 unspecified atom stereocenters. The number of benzene rings is 1. The molecule has 128 valence electrons. The lowest BCUT2D eigenvalue weighted by Crippen LogP contribution is -2.46. The first-order chi connectivity index (χ1) is 11.0. The van der Waals surface area contributed by atoms with Crippen LogP contribution in [0.1, 0.15) is 39.2 Å². The van der Waals surface area contributed by atoms with Crippen LogP contribution in [0.2, 0.25) is 5.02 Å². The van der Waals surface area contributed by atoms with Crippen LogP contribution in [-0.4, -0.2) is 36.5 Å².